The summed E-state index contributed by atoms with van der Waals surface area (Å²) in [5.74, 6) is 0.803. The minimum atomic E-state index is -0.268. The van der Waals surface area contributed by atoms with Gasteiger partial charge >= 0.3 is 0 Å². The molecule has 0 atom stereocenters. The molecule has 0 unspecified atom stereocenters. The zero-order valence-corrected chi connectivity index (χ0v) is 15.9. The van der Waals surface area contributed by atoms with Crippen molar-refractivity contribution in [3.8, 4) is 11.5 Å². The minimum absolute atomic E-state index is 0.181. The summed E-state index contributed by atoms with van der Waals surface area (Å²) in [6.07, 6.45) is 0. The van der Waals surface area contributed by atoms with Gasteiger partial charge in [-0.15, -0.1) is 0 Å². The fraction of sp³-hybridized carbons (Fsp3) is 0.130. The van der Waals surface area contributed by atoms with E-state index < -0.39 is 0 Å². The molecule has 4 rings (SSSR count). The molecule has 0 aliphatic carbocycles. The number of aryl methyl sites for hydroxylation is 1. The van der Waals surface area contributed by atoms with E-state index in [1.54, 1.807) is 42.5 Å². The van der Waals surface area contributed by atoms with Crippen LogP contribution in [0.4, 0.5) is 5.69 Å². The molecule has 0 radical (unpaired) electrons. The predicted molar refractivity (Wildman–Crippen MR) is 109 cm³/mol. The Labute approximate surface area is 168 Å². The Morgan fingerprint density at radius 1 is 0.862 bits per heavy atom. The molecule has 1 heterocycles. The molecule has 3 aromatic rings. The number of amides is 2. The van der Waals surface area contributed by atoms with Gasteiger partial charge in [0.2, 0.25) is 6.79 Å². The maximum atomic E-state index is 12.5. The number of nitrogens with one attached hydrogen (secondary N) is 2. The first-order valence-corrected chi connectivity index (χ1v) is 9.23. The Hall–Kier alpha value is -3.80. The summed E-state index contributed by atoms with van der Waals surface area (Å²) in [4.78, 5) is 24.8. The van der Waals surface area contributed by atoms with Crippen molar-refractivity contribution in [2.24, 2.45) is 0 Å². The van der Waals surface area contributed by atoms with Gasteiger partial charge in [0.05, 0.1) is 0 Å². The third-order valence-electron chi connectivity index (χ3n) is 4.58. The molecular formula is C23H20N2O4. The molecule has 0 bridgehead atoms. The first kappa shape index (κ1) is 18.6. The van der Waals surface area contributed by atoms with Gasteiger partial charge in [0.25, 0.3) is 11.8 Å². The van der Waals surface area contributed by atoms with Crippen LogP contribution in [0.3, 0.4) is 0 Å². The second-order valence-corrected chi connectivity index (χ2v) is 6.77. The first-order valence-electron chi connectivity index (χ1n) is 9.23. The maximum absolute atomic E-state index is 12.5. The van der Waals surface area contributed by atoms with Gasteiger partial charge in [-0.2, -0.15) is 0 Å². The van der Waals surface area contributed by atoms with Crippen LogP contribution in [0.15, 0.2) is 66.7 Å². The Morgan fingerprint density at radius 2 is 1.59 bits per heavy atom. The van der Waals surface area contributed by atoms with Crippen molar-refractivity contribution in [1.82, 2.24) is 5.32 Å². The lowest BCUT2D eigenvalue weighted by Gasteiger charge is -2.08. The van der Waals surface area contributed by atoms with Crippen molar-refractivity contribution in [2.45, 2.75) is 13.5 Å². The van der Waals surface area contributed by atoms with Gasteiger partial charge in [0.15, 0.2) is 11.5 Å². The second-order valence-electron chi connectivity index (χ2n) is 6.77. The fourth-order valence-corrected chi connectivity index (χ4v) is 3.06. The zero-order chi connectivity index (χ0) is 20.2. The highest BCUT2D eigenvalue weighted by molar-refractivity contribution is 6.05. The summed E-state index contributed by atoms with van der Waals surface area (Å²) in [6.45, 7) is 2.64. The van der Waals surface area contributed by atoms with E-state index in [-0.39, 0.29) is 18.6 Å². The van der Waals surface area contributed by atoms with Gasteiger partial charge in [-0.25, -0.2) is 0 Å². The lowest BCUT2D eigenvalue weighted by Crippen LogP contribution is -2.23. The summed E-state index contributed by atoms with van der Waals surface area (Å²) in [6, 6.07) is 19.7. The topological polar surface area (TPSA) is 76.7 Å². The molecule has 0 saturated heterocycles. The van der Waals surface area contributed by atoms with Crippen molar-refractivity contribution < 1.29 is 19.1 Å². The quantitative estimate of drug-likeness (QED) is 0.695. The number of fused-ring (bicyclic) bond motifs is 1. The summed E-state index contributed by atoms with van der Waals surface area (Å²) < 4.78 is 10.6. The van der Waals surface area contributed by atoms with E-state index >= 15 is 0 Å². The summed E-state index contributed by atoms with van der Waals surface area (Å²) >= 11 is 0. The van der Waals surface area contributed by atoms with Crippen LogP contribution in [-0.2, 0) is 6.54 Å². The molecule has 29 heavy (non-hydrogen) atoms. The van der Waals surface area contributed by atoms with Crippen molar-refractivity contribution >= 4 is 17.5 Å². The summed E-state index contributed by atoms with van der Waals surface area (Å²) in [5, 5.41) is 5.70. The van der Waals surface area contributed by atoms with Gasteiger partial charge in [0.1, 0.15) is 0 Å². The van der Waals surface area contributed by atoms with Crippen LogP contribution in [0.5, 0.6) is 11.5 Å². The number of carbonyl (C=O) groups excluding carboxylic acids is 2. The molecule has 0 saturated carbocycles. The average Bonchev–Trinajstić information content (AvgIpc) is 3.20. The SMILES string of the molecule is Cc1cccc(CNC(=O)c2ccc(C(=O)Nc3ccc4c(c3)OCO4)cc2)c1. The van der Waals surface area contributed by atoms with Crippen LogP contribution in [0.2, 0.25) is 0 Å². The van der Waals surface area contributed by atoms with Crippen molar-refractivity contribution in [2.75, 3.05) is 12.1 Å². The van der Waals surface area contributed by atoms with E-state index in [4.69, 9.17) is 9.47 Å². The molecule has 0 aromatic heterocycles. The number of hydrogen-bond donors (Lipinski definition) is 2. The molecular weight excluding hydrogens is 368 g/mol. The first-order chi connectivity index (χ1) is 14.1. The Balaban J connectivity index is 1.36. The largest absolute Gasteiger partial charge is 0.454 e. The Morgan fingerprint density at radius 3 is 2.34 bits per heavy atom. The third-order valence-corrected chi connectivity index (χ3v) is 4.58. The normalized spacial score (nSPS) is 11.8. The van der Waals surface area contributed by atoms with Crippen molar-refractivity contribution in [1.29, 1.82) is 0 Å². The highest BCUT2D eigenvalue weighted by Crippen LogP contribution is 2.34. The number of ether oxygens (including phenoxy) is 2. The van der Waals surface area contributed by atoms with E-state index in [2.05, 4.69) is 10.6 Å². The van der Waals surface area contributed by atoms with Gasteiger partial charge in [-0.1, -0.05) is 29.8 Å². The number of hydrogen-bond acceptors (Lipinski definition) is 4. The molecule has 0 fully saturated rings. The summed E-state index contributed by atoms with van der Waals surface area (Å²) in [7, 11) is 0. The molecule has 146 valence electrons. The van der Waals surface area contributed by atoms with E-state index in [1.165, 1.54) is 0 Å². The molecule has 6 heteroatoms. The van der Waals surface area contributed by atoms with E-state index in [0.29, 0.717) is 34.9 Å². The summed E-state index contributed by atoms with van der Waals surface area (Å²) in [5.41, 5.74) is 3.75. The predicted octanol–water partition coefficient (Wildman–Crippen LogP) is 3.91. The van der Waals surface area contributed by atoms with Gasteiger partial charge < -0.3 is 20.1 Å². The Bertz CT molecular complexity index is 1060. The highest BCUT2D eigenvalue weighted by atomic mass is 16.7. The van der Waals surface area contributed by atoms with E-state index in [1.807, 2.05) is 31.2 Å². The molecule has 6 nitrogen and oxygen atoms in total. The molecule has 3 aromatic carbocycles. The van der Waals surface area contributed by atoms with Gasteiger partial charge in [0, 0.05) is 29.4 Å². The molecule has 2 N–H and O–H groups in total. The standard InChI is InChI=1S/C23H20N2O4/c1-15-3-2-4-16(11-15)13-24-22(26)17-5-7-18(8-6-17)23(27)25-19-9-10-20-21(12-19)29-14-28-20/h2-12H,13-14H2,1H3,(H,24,26)(H,25,27). The van der Waals surface area contributed by atoms with Crippen LogP contribution in [0.25, 0.3) is 0 Å². The van der Waals surface area contributed by atoms with Gasteiger partial charge in [-0.05, 0) is 48.9 Å². The fourth-order valence-electron chi connectivity index (χ4n) is 3.06. The van der Waals surface area contributed by atoms with Gasteiger partial charge in [-0.3, -0.25) is 9.59 Å². The monoisotopic (exact) mass is 388 g/mol. The molecule has 0 spiro atoms. The van der Waals surface area contributed by atoms with Crippen LogP contribution in [-0.4, -0.2) is 18.6 Å². The lowest BCUT2D eigenvalue weighted by atomic mass is 10.1. The van der Waals surface area contributed by atoms with Crippen molar-refractivity contribution in [3.63, 3.8) is 0 Å². The van der Waals surface area contributed by atoms with E-state index in [9.17, 15) is 9.59 Å². The average molecular weight is 388 g/mol. The number of rotatable bonds is 5. The second kappa shape index (κ2) is 8.06. The smallest absolute Gasteiger partial charge is 0.255 e. The highest BCUT2D eigenvalue weighted by Gasteiger charge is 2.15. The lowest BCUT2D eigenvalue weighted by molar-refractivity contribution is 0.0949. The number of anilines is 1. The number of carbonyl (C=O) groups is 2. The molecule has 1 aliphatic rings. The molecule has 2 amide bonds. The van der Waals surface area contributed by atoms with E-state index in [0.717, 1.165) is 11.1 Å². The minimum Gasteiger partial charge on any atom is -0.454 e. The maximum Gasteiger partial charge on any atom is 0.255 e. The van der Waals surface area contributed by atoms with Crippen LogP contribution in [0, 0.1) is 6.92 Å². The molecule has 1 aliphatic heterocycles. The Kier molecular flexibility index (Phi) is 5.16. The van der Waals surface area contributed by atoms with Crippen LogP contribution in [0.1, 0.15) is 31.8 Å². The number of benzene rings is 3. The van der Waals surface area contributed by atoms with Crippen LogP contribution >= 0.6 is 0 Å². The van der Waals surface area contributed by atoms with Crippen LogP contribution < -0.4 is 20.1 Å². The van der Waals surface area contributed by atoms with Crippen molar-refractivity contribution in [3.05, 3.63) is 89.0 Å². The third kappa shape index (κ3) is 4.38. The zero-order valence-electron chi connectivity index (χ0n) is 15.9.